The van der Waals surface area contributed by atoms with Crippen molar-refractivity contribution >= 4 is 11.8 Å². The molecule has 108 valence electrons. The molecule has 0 spiro atoms. The molecule has 3 N–H and O–H groups in total. The molecule has 1 atom stereocenters. The van der Waals surface area contributed by atoms with Crippen molar-refractivity contribution in [3.05, 3.63) is 30.1 Å². The van der Waals surface area contributed by atoms with E-state index in [9.17, 15) is 14.0 Å². The maximum atomic E-state index is 13.4. The molecule has 0 saturated carbocycles. The number of carbonyl (C=O) groups excluding carboxylic acids is 2. The third kappa shape index (κ3) is 3.24. The van der Waals surface area contributed by atoms with Gasteiger partial charge in [0.15, 0.2) is 18.2 Å². The summed E-state index contributed by atoms with van der Waals surface area (Å²) in [7, 11) is 0. The van der Waals surface area contributed by atoms with Crippen molar-refractivity contribution in [3.63, 3.8) is 0 Å². The van der Waals surface area contributed by atoms with Gasteiger partial charge in [-0.05, 0) is 12.1 Å². The lowest BCUT2D eigenvalue weighted by Crippen LogP contribution is -2.59. The van der Waals surface area contributed by atoms with Gasteiger partial charge in [-0.25, -0.2) is 4.39 Å². The molecule has 1 saturated heterocycles. The molecule has 0 unspecified atom stereocenters. The molecule has 0 bridgehead atoms. The number of halogens is 1. The van der Waals surface area contributed by atoms with E-state index in [0.717, 1.165) is 0 Å². The molecule has 1 aliphatic heterocycles. The number of carbonyl (C=O) groups is 2. The molecule has 6 nitrogen and oxygen atoms in total. The molecule has 7 heteroatoms. The van der Waals surface area contributed by atoms with Gasteiger partial charge in [0.05, 0.1) is 0 Å². The summed E-state index contributed by atoms with van der Waals surface area (Å²) >= 11 is 0. The average Bonchev–Trinajstić information content (AvgIpc) is 2.46. The molecule has 20 heavy (non-hydrogen) atoms. The van der Waals surface area contributed by atoms with Crippen molar-refractivity contribution in [1.82, 2.24) is 10.2 Å². The van der Waals surface area contributed by atoms with E-state index in [1.54, 1.807) is 6.07 Å². The van der Waals surface area contributed by atoms with Crippen LogP contribution in [-0.2, 0) is 9.59 Å². The van der Waals surface area contributed by atoms with Crippen molar-refractivity contribution in [1.29, 1.82) is 0 Å². The highest BCUT2D eigenvalue weighted by molar-refractivity contribution is 5.87. The van der Waals surface area contributed by atoms with E-state index >= 15 is 0 Å². The van der Waals surface area contributed by atoms with Gasteiger partial charge in [-0.2, -0.15) is 0 Å². The smallest absolute Gasteiger partial charge is 0.261 e. The Labute approximate surface area is 115 Å². The molecule has 1 aromatic carbocycles. The molecular formula is C13H16FN3O3. The van der Waals surface area contributed by atoms with Gasteiger partial charge in [0.1, 0.15) is 6.04 Å². The van der Waals surface area contributed by atoms with Gasteiger partial charge in [-0.3, -0.25) is 9.59 Å². The molecule has 1 heterocycles. The summed E-state index contributed by atoms with van der Waals surface area (Å²) in [6, 6.07) is 5.13. The van der Waals surface area contributed by atoms with Crippen LogP contribution in [0.1, 0.15) is 0 Å². The van der Waals surface area contributed by atoms with Crippen LogP contribution in [0.15, 0.2) is 24.3 Å². The zero-order valence-corrected chi connectivity index (χ0v) is 10.8. The van der Waals surface area contributed by atoms with E-state index in [1.165, 1.54) is 23.1 Å². The summed E-state index contributed by atoms with van der Waals surface area (Å²) in [5.41, 5.74) is 5.25. The summed E-state index contributed by atoms with van der Waals surface area (Å²) < 4.78 is 18.5. The fourth-order valence-corrected chi connectivity index (χ4v) is 2.04. The van der Waals surface area contributed by atoms with Gasteiger partial charge >= 0.3 is 0 Å². The third-order valence-electron chi connectivity index (χ3n) is 3.08. The summed E-state index contributed by atoms with van der Waals surface area (Å²) in [5.74, 6) is -1.49. The first-order valence-corrected chi connectivity index (χ1v) is 6.26. The number of benzene rings is 1. The van der Waals surface area contributed by atoms with E-state index in [-0.39, 0.29) is 12.4 Å². The van der Waals surface area contributed by atoms with Crippen molar-refractivity contribution in [2.45, 2.75) is 6.04 Å². The quantitative estimate of drug-likeness (QED) is 0.778. The second-order valence-corrected chi connectivity index (χ2v) is 4.43. The van der Waals surface area contributed by atoms with Crippen LogP contribution in [-0.4, -0.2) is 49.0 Å². The summed E-state index contributed by atoms with van der Waals surface area (Å²) in [4.78, 5) is 24.7. The topological polar surface area (TPSA) is 84.7 Å². The van der Waals surface area contributed by atoms with Crippen molar-refractivity contribution < 1.29 is 18.7 Å². The van der Waals surface area contributed by atoms with Gasteiger partial charge < -0.3 is 20.7 Å². The number of hydrogen-bond acceptors (Lipinski definition) is 4. The van der Waals surface area contributed by atoms with Crippen LogP contribution in [0.2, 0.25) is 0 Å². The molecule has 1 aliphatic rings. The third-order valence-corrected chi connectivity index (χ3v) is 3.08. The van der Waals surface area contributed by atoms with E-state index < -0.39 is 23.7 Å². The van der Waals surface area contributed by atoms with E-state index in [0.29, 0.717) is 19.6 Å². The minimum Gasteiger partial charge on any atom is -0.481 e. The second kappa shape index (κ2) is 6.33. The first-order valence-electron chi connectivity index (χ1n) is 6.26. The minimum absolute atomic E-state index is 0.00612. The zero-order valence-electron chi connectivity index (χ0n) is 10.8. The fourth-order valence-electron chi connectivity index (χ4n) is 2.04. The number of para-hydroxylation sites is 1. The van der Waals surface area contributed by atoms with Crippen LogP contribution < -0.4 is 15.8 Å². The number of amides is 2. The van der Waals surface area contributed by atoms with E-state index in [2.05, 4.69) is 5.32 Å². The van der Waals surface area contributed by atoms with Crippen LogP contribution in [0.3, 0.4) is 0 Å². The Morgan fingerprint density at radius 1 is 1.45 bits per heavy atom. The maximum Gasteiger partial charge on any atom is 0.261 e. The van der Waals surface area contributed by atoms with Crippen molar-refractivity contribution in [3.8, 4) is 5.75 Å². The van der Waals surface area contributed by atoms with Gasteiger partial charge in [0.25, 0.3) is 5.91 Å². The Hall–Kier alpha value is -2.15. The second-order valence-electron chi connectivity index (χ2n) is 4.43. The predicted molar refractivity (Wildman–Crippen MR) is 69.5 cm³/mol. The normalized spacial score (nSPS) is 18.6. The molecule has 0 aliphatic carbocycles. The van der Waals surface area contributed by atoms with Crippen molar-refractivity contribution in [2.24, 2.45) is 5.73 Å². The first kappa shape index (κ1) is 14.3. The highest BCUT2D eigenvalue weighted by atomic mass is 19.1. The average molecular weight is 281 g/mol. The molecule has 2 amide bonds. The molecule has 0 aromatic heterocycles. The Balaban J connectivity index is 1.97. The molecule has 2 rings (SSSR count). The summed E-state index contributed by atoms with van der Waals surface area (Å²) in [6.45, 7) is 0.938. The summed E-state index contributed by atoms with van der Waals surface area (Å²) in [5, 5.41) is 2.99. The monoisotopic (exact) mass is 281 g/mol. The van der Waals surface area contributed by atoms with Crippen LogP contribution in [0.4, 0.5) is 4.39 Å². The number of nitrogens with two attached hydrogens (primary N) is 1. The molecular weight excluding hydrogens is 265 g/mol. The number of piperazine rings is 1. The van der Waals surface area contributed by atoms with E-state index in [1.807, 2.05) is 0 Å². The summed E-state index contributed by atoms with van der Waals surface area (Å²) in [6.07, 6.45) is 0. The lowest BCUT2D eigenvalue weighted by Gasteiger charge is -2.34. The van der Waals surface area contributed by atoms with Crippen LogP contribution >= 0.6 is 0 Å². The molecule has 1 fully saturated rings. The molecule has 1 aromatic rings. The van der Waals surface area contributed by atoms with Crippen molar-refractivity contribution in [2.75, 3.05) is 26.2 Å². The Kier molecular flexibility index (Phi) is 4.52. The number of rotatable bonds is 4. The Bertz CT molecular complexity index is 509. The number of hydrogen-bond donors (Lipinski definition) is 2. The van der Waals surface area contributed by atoms with Gasteiger partial charge in [0, 0.05) is 19.6 Å². The van der Waals surface area contributed by atoms with Gasteiger partial charge in [0.2, 0.25) is 5.91 Å². The van der Waals surface area contributed by atoms with Gasteiger partial charge in [-0.15, -0.1) is 0 Å². The van der Waals surface area contributed by atoms with Gasteiger partial charge in [-0.1, -0.05) is 12.1 Å². The Morgan fingerprint density at radius 2 is 2.20 bits per heavy atom. The number of ether oxygens (including phenoxy) is 1. The zero-order chi connectivity index (χ0) is 14.5. The predicted octanol–water partition coefficient (Wildman–Crippen LogP) is -0.510. The molecule has 0 radical (unpaired) electrons. The SMILES string of the molecule is NC(=O)[C@H]1CNCCN1C(=O)COc1ccccc1F. The fraction of sp³-hybridized carbons (Fsp3) is 0.385. The van der Waals surface area contributed by atoms with Crippen LogP contribution in [0.5, 0.6) is 5.75 Å². The standard InChI is InChI=1S/C13H16FN3O3/c14-9-3-1-2-4-11(9)20-8-12(18)17-6-5-16-7-10(17)13(15)19/h1-4,10,16H,5-8H2,(H2,15,19)/t10-/m1/s1. The lowest BCUT2D eigenvalue weighted by molar-refractivity contribution is -0.142. The number of nitrogens with one attached hydrogen (secondary N) is 1. The highest BCUT2D eigenvalue weighted by Gasteiger charge is 2.30. The Morgan fingerprint density at radius 3 is 2.90 bits per heavy atom. The number of nitrogens with zero attached hydrogens (tertiary/aromatic N) is 1. The highest BCUT2D eigenvalue weighted by Crippen LogP contribution is 2.15. The first-order chi connectivity index (χ1) is 9.59. The van der Waals surface area contributed by atoms with Crippen LogP contribution in [0.25, 0.3) is 0 Å². The van der Waals surface area contributed by atoms with E-state index in [4.69, 9.17) is 10.5 Å². The number of primary amides is 1. The minimum atomic E-state index is -0.694. The largest absolute Gasteiger partial charge is 0.481 e. The lowest BCUT2D eigenvalue weighted by atomic mass is 10.2. The van der Waals surface area contributed by atoms with Crippen LogP contribution in [0, 0.1) is 5.82 Å². The maximum absolute atomic E-state index is 13.4.